The Balaban J connectivity index is 2.60. The first kappa shape index (κ1) is 10.7. The highest BCUT2D eigenvalue weighted by atomic mass is 32.2. The molecule has 0 aliphatic carbocycles. The van der Waals surface area contributed by atoms with E-state index in [1.165, 1.54) is 6.21 Å². The number of rotatable bonds is 3. The molecule has 1 heterocycles. The molecule has 1 unspecified atom stereocenters. The average molecular weight is 215 g/mol. The summed E-state index contributed by atoms with van der Waals surface area (Å²) in [6.45, 7) is 1.69. The van der Waals surface area contributed by atoms with Crippen molar-refractivity contribution in [2.75, 3.05) is 0 Å². The van der Waals surface area contributed by atoms with Crippen molar-refractivity contribution in [3.63, 3.8) is 0 Å². The topological polar surface area (TPSA) is 91.1 Å². The minimum atomic E-state index is -1.00. The number of amidine groups is 1. The van der Waals surface area contributed by atoms with Gasteiger partial charge in [0.25, 0.3) is 0 Å². The summed E-state index contributed by atoms with van der Waals surface area (Å²) in [7, 11) is 0. The fraction of sp³-hybridized carbons (Fsp3) is 0.429. The number of nitrogens with zero attached hydrogens (tertiary/aromatic N) is 2. The van der Waals surface area contributed by atoms with Gasteiger partial charge in [0, 0.05) is 6.21 Å². The van der Waals surface area contributed by atoms with Gasteiger partial charge in [-0.05, 0) is 6.92 Å². The van der Waals surface area contributed by atoms with Crippen molar-refractivity contribution in [3.8, 4) is 0 Å². The van der Waals surface area contributed by atoms with E-state index in [1.807, 2.05) is 0 Å². The monoisotopic (exact) mass is 215 g/mol. The fourth-order valence-electron chi connectivity index (χ4n) is 0.855. The number of amides is 1. The quantitative estimate of drug-likeness (QED) is 0.514. The van der Waals surface area contributed by atoms with Gasteiger partial charge in [-0.25, -0.2) is 0 Å². The fourth-order valence-corrected chi connectivity index (χ4v) is 1.77. The number of aliphatic carboxylic acids is 1. The molecule has 0 saturated carbocycles. The maximum absolute atomic E-state index is 11.2. The maximum atomic E-state index is 11.2. The lowest BCUT2D eigenvalue weighted by Crippen LogP contribution is -2.26. The molecule has 0 aromatic heterocycles. The van der Waals surface area contributed by atoms with Crippen molar-refractivity contribution in [3.05, 3.63) is 0 Å². The van der Waals surface area contributed by atoms with Gasteiger partial charge in [0.15, 0.2) is 5.17 Å². The largest absolute Gasteiger partial charge is 0.481 e. The van der Waals surface area contributed by atoms with Gasteiger partial charge in [-0.3, -0.25) is 9.59 Å². The summed E-state index contributed by atoms with van der Waals surface area (Å²) in [5, 5.41) is 17.9. The molecule has 1 fully saturated rings. The highest BCUT2D eigenvalue weighted by Gasteiger charge is 2.31. The van der Waals surface area contributed by atoms with Crippen LogP contribution in [0, 0.1) is 0 Å². The van der Waals surface area contributed by atoms with Crippen LogP contribution in [0.3, 0.4) is 0 Å². The Kier molecular flexibility index (Phi) is 3.63. The SMILES string of the molecule is C/C=N\N=C1/NC(=O)C(CC(=O)O)S1. The number of hydrogen-bond donors (Lipinski definition) is 2. The zero-order valence-corrected chi connectivity index (χ0v) is 8.24. The molecule has 0 spiro atoms. The molecule has 1 rings (SSSR count). The summed E-state index contributed by atoms with van der Waals surface area (Å²) < 4.78 is 0. The van der Waals surface area contributed by atoms with Crippen LogP contribution in [0.1, 0.15) is 13.3 Å². The summed E-state index contributed by atoms with van der Waals surface area (Å²) >= 11 is 1.08. The van der Waals surface area contributed by atoms with Crippen LogP contribution in [0.4, 0.5) is 0 Å². The molecule has 0 radical (unpaired) electrons. The third-order valence-corrected chi connectivity index (χ3v) is 2.47. The standard InChI is InChI=1S/C7H9N3O3S/c1-2-8-10-7-9-6(13)4(14-7)3-5(11)12/h2,4H,3H2,1H3,(H,11,12)(H,9,10,13)/b8-2-. The molecule has 0 bridgehead atoms. The molecule has 0 aromatic rings. The molecule has 2 N–H and O–H groups in total. The van der Waals surface area contributed by atoms with Crippen molar-refractivity contribution in [2.45, 2.75) is 18.6 Å². The Morgan fingerprint density at radius 3 is 3.07 bits per heavy atom. The molecule has 1 atom stereocenters. The van der Waals surface area contributed by atoms with Crippen molar-refractivity contribution in [1.29, 1.82) is 0 Å². The van der Waals surface area contributed by atoms with Crippen LogP contribution in [0.15, 0.2) is 10.2 Å². The van der Waals surface area contributed by atoms with Gasteiger partial charge in [-0.15, -0.1) is 5.10 Å². The number of carbonyl (C=O) groups is 2. The second kappa shape index (κ2) is 4.75. The first-order chi connectivity index (χ1) is 6.63. The molecule has 1 saturated heterocycles. The summed E-state index contributed by atoms with van der Waals surface area (Å²) in [5.41, 5.74) is 0. The van der Waals surface area contributed by atoms with E-state index in [1.54, 1.807) is 6.92 Å². The zero-order chi connectivity index (χ0) is 10.6. The van der Waals surface area contributed by atoms with Gasteiger partial charge in [-0.2, -0.15) is 5.10 Å². The Labute approximate surface area is 84.5 Å². The van der Waals surface area contributed by atoms with Gasteiger partial charge in [-0.1, -0.05) is 11.8 Å². The van der Waals surface area contributed by atoms with E-state index < -0.39 is 11.2 Å². The highest BCUT2D eigenvalue weighted by molar-refractivity contribution is 8.15. The lowest BCUT2D eigenvalue weighted by atomic mass is 10.3. The van der Waals surface area contributed by atoms with Crippen LogP contribution >= 0.6 is 11.8 Å². The first-order valence-corrected chi connectivity index (χ1v) is 4.76. The zero-order valence-electron chi connectivity index (χ0n) is 7.43. The number of nitrogens with one attached hydrogen (secondary N) is 1. The Morgan fingerprint density at radius 1 is 1.79 bits per heavy atom. The van der Waals surface area contributed by atoms with Crippen molar-refractivity contribution < 1.29 is 14.7 Å². The van der Waals surface area contributed by atoms with E-state index in [0.29, 0.717) is 5.17 Å². The molecule has 76 valence electrons. The number of thioether (sulfide) groups is 1. The van der Waals surface area contributed by atoms with Crippen molar-refractivity contribution in [2.24, 2.45) is 10.2 Å². The van der Waals surface area contributed by atoms with E-state index in [9.17, 15) is 9.59 Å². The van der Waals surface area contributed by atoms with Crippen LogP contribution < -0.4 is 5.32 Å². The molecule has 0 aromatic carbocycles. The molecular formula is C7H9N3O3S. The lowest BCUT2D eigenvalue weighted by Gasteiger charge is -1.97. The predicted molar refractivity (Wildman–Crippen MR) is 53.4 cm³/mol. The van der Waals surface area contributed by atoms with E-state index in [2.05, 4.69) is 15.5 Å². The van der Waals surface area contributed by atoms with Gasteiger partial charge in [0.1, 0.15) is 5.25 Å². The van der Waals surface area contributed by atoms with Gasteiger partial charge < -0.3 is 10.4 Å². The molecule has 14 heavy (non-hydrogen) atoms. The van der Waals surface area contributed by atoms with Crippen molar-refractivity contribution >= 4 is 35.0 Å². The van der Waals surface area contributed by atoms with E-state index in [-0.39, 0.29) is 12.3 Å². The number of carbonyl (C=O) groups excluding carboxylic acids is 1. The predicted octanol–water partition coefficient (Wildman–Crippen LogP) is 0.0544. The second-order valence-corrected chi connectivity index (χ2v) is 3.66. The minimum absolute atomic E-state index is 0.203. The molecule has 1 aliphatic rings. The van der Waals surface area contributed by atoms with Gasteiger partial charge in [0.05, 0.1) is 6.42 Å². The number of hydrogen-bond acceptors (Lipinski definition) is 5. The summed E-state index contributed by atoms with van der Waals surface area (Å²) in [6, 6.07) is 0. The van der Waals surface area contributed by atoms with Crippen LogP contribution in [0.25, 0.3) is 0 Å². The number of carboxylic acids is 1. The van der Waals surface area contributed by atoms with Crippen LogP contribution in [0.2, 0.25) is 0 Å². The van der Waals surface area contributed by atoms with Gasteiger partial charge >= 0.3 is 5.97 Å². The molecule has 7 heteroatoms. The Bertz CT molecular complexity index is 313. The average Bonchev–Trinajstić information content (AvgIpc) is 2.43. The van der Waals surface area contributed by atoms with Crippen LogP contribution in [-0.4, -0.2) is 33.6 Å². The summed E-state index contributed by atoms with van der Waals surface area (Å²) in [6.07, 6.45) is 1.27. The number of carboxylic acid groups (broad SMARTS) is 1. The summed E-state index contributed by atoms with van der Waals surface area (Å²) in [5.74, 6) is -1.33. The van der Waals surface area contributed by atoms with E-state index >= 15 is 0 Å². The van der Waals surface area contributed by atoms with E-state index in [4.69, 9.17) is 5.11 Å². The molecule has 6 nitrogen and oxygen atoms in total. The van der Waals surface area contributed by atoms with Crippen LogP contribution in [0.5, 0.6) is 0 Å². The lowest BCUT2D eigenvalue weighted by molar-refractivity contribution is -0.138. The van der Waals surface area contributed by atoms with Gasteiger partial charge in [0.2, 0.25) is 5.91 Å². The third-order valence-electron chi connectivity index (χ3n) is 1.40. The molecule has 1 aliphatic heterocycles. The Morgan fingerprint density at radius 2 is 2.50 bits per heavy atom. The summed E-state index contributed by atoms with van der Waals surface area (Å²) in [4.78, 5) is 21.5. The Hall–Kier alpha value is -1.37. The first-order valence-electron chi connectivity index (χ1n) is 3.88. The highest BCUT2D eigenvalue weighted by Crippen LogP contribution is 2.22. The molecular weight excluding hydrogens is 206 g/mol. The second-order valence-electron chi connectivity index (χ2n) is 2.47. The molecule has 1 amide bonds. The normalized spacial score (nSPS) is 24.5. The van der Waals surface area contributed by atoms with E-state index in [0.717, 1.165) is 11.8 Å². The third kappa shape index (κ3) is 2.84. The minimum Gasteiger partial charge on any atom is -0.481 e. The smallest absolute Gasteiger partial charge is 0.305 e. The maximum Gasteiger partial charge on any atom is 0.305 e. The van der Waals surface area contributed by atoms with Crippen molar-refractivity contribution in [1.82, 2.24) is 5.32 Å². The van der Waals surface area contributed by atoms with Crippen LogP contribution in [-0.2, 0) is 9.59 Å².